The first-order valence-electron chi connectivity index (χ1n) is 13.7. The smallest absolute Gasteiger partial charge is 0.166 e. The molecule has 0 spiro atoms. The van der Waals surface area contributed by atoms with Crippen molar-refractivity contribution in [2.24, 2.45) is 11.8 Å². The number of halogens is 2. The third-order valence-corrected chi connectivity index (χ3v) is 8.79. The van der Waals surface area contributed by atoms with Gasteiger partial charge >= 0.3 is 0 Å². The number of benzene rings is 2. The molecule has 2 aliphatic rings. The molecule has 0 saturated heterocycles. The molecule has 0 bridgehead atoms. The Kier molecular flexibility index (Phi) is 8.80. The zero-order valence-electron chi connectivity index (χ0n) is 21.3. The van der Waals surface area contributed by atoms with E-state index in [1.165, 1.54) is 44.1 Å². The van der Waals surface area contributed by atoms with Crippen LogP contribution in [-0.4, -0.2) is 13.2 Å². The highest BCUT2D eigenvalue weighted by Gasteiger charge is 2.28. The molecular weight excluding hydrogens is 426 g/mol. The summed E-state index contributed by atoms with van der Waals surface area (Å²) in [4.78, 5) is 0. The van der Waals surface area contributed by atoms with E-state index in [0.29, 0.717) is 29.1 Å². The van der Waals surface area contributed by atoms with Crippen LogP contribution in [0.25, 0.3) is 11.1 Å². The molecular formula is C31H42F2O. The Labute approximate surface area is 205 Å². The predicted octanol–water partition coefficient (Wildman–Crippen LogP) is 9.40. The minimum absolute atomic E-state index is 0.152. The van der Waals surface area contributed by atoms with Crippen LogP contribution in [0.1, 0.15) is 107 Å². The average Bonchev–Trinajstić information content (AvgIpc) is 2.88. The van der Waals surface area contributed by atoms with Gasteiger partial charge in [-0.05, 0) is 98.1 Å². The molecule has 2 aliphatic carbocycles. The second-order valence-electron chi connectivity index (χ2n) is 10.8. The van der Waals surface area contributed by atoms with Gasteiger partial charge < -0.3 is 4.74 Å². The zero-order valence-corrected chi connectivity index (χ0v) is 21.3. The molecule has 1 unspecified atom stereocenters. The molecule has 3 heteroatoms. The molecule has 0 aliphatic heterocycles. The Morgan fingerprint density at radius 3 is 2.03 bits per heavy atom. The first kappa shape index (κ1) is 25.4. The molecule has 0 radical (unpaired) electrons. The van der Waals surface area contributed by atoms with E-state index in [0.717, 1.165) is 43.6 Å². The van der Waals surface area contributed by atoms with Crippen LogP contribution in [0, 0.1) is 23.5 Å². The number of ether oxygens (including phenoxy) is 1. The first-order valence-corrected chi connectivity index (χ1v) is 13.7. The Balaban J connectivity index is 1.42. The van der Waals surface area contributed by atoms with Crippen molar-refractivity contribution >= 4 is 0 Å². The molecule has 0 amide bonds. The van der Waals surface area contributed by atoms with E-state index >= 15 is 8.78 Å². The summed E-state index contributed by atoms with van der Waals surface area (Å²) in [5.74, 6) is 0.790. The van der Waals surface area contributed by atoms with Crippen molar-refractivity contribution in [3.05, 3.63) is 59.2 Å². The maximum atomic E-state index is 15.2. The molecule has 186 valence electrons. The van der Waals surface area contributed by atoms with Gasteiger partial charge in [0.2, 0.25) is 0 Å². The quantitative estimate of drug-likeness (QED) is 0.375. The third-order valence-electron chi connectivity index (χ3n) is 8.79. The average molecular weight is 469 g/mol. The summed E-state index contributed by atoms with van der Waals surface area (Å²) < 4.78 is 35.9. The van der Waals surface area contributed by atoms with Gasteiger partial charge in [-0.25, -0.2) is 8.78 Å². The van der Waals surface area contributed by atoms with Crippen molar-refractivity contribution in [1.82, 2.24) is 0 Å². The van der Waals surface area contributed by atoms with Crippen molar-refractivity contribution in [3.63, 3.8) is 0 Å². The molecule has 1 atom stereocenters. The highest BCUT2D eigenvalue weighted by Crippen LogP contribution is 2.41. The minimum atomic E-state index is -0.688. The van der Waals surface area contributed by atoms with Crippen LogP contribution in [0.4, 0.5) is 8.78 Å². The maximum absolute atomic E-state index is 15.2. The first-order chi connectivity index (χ1) is 16.5. The fourth-order valence-electron chi connectivity index (χ4n) is 6.72. The van der Waals surface area contributed by atoms with Crippen LogP contribution in [0.2, 0.25) is 0 Å². The van der Waals surface area contributed by atoms with E-state index in [9.17, 15) is 0 Å². The van der Waals surface area contributed by atoms with Crippen LogP contribution < -0.4 is 0 Å². The van der Waals surface area contributed by atoms with Crippen molar-refractivity contribution in [2.75, 3.05) is 7.11 Å². The largest absolute Gasteiger partial charge is 0.381 e. The lowest BCUT2D eigenvalue weighted by molar-refractivity contribution is 0.0316. The topological polar surface area (TPSA) is 9.23 Å². The zero-order chi connectivity index (χ0) is 24.1. The van der Waals surface area contributed by atoms with Crippen LogP contribution in [0.5, 0.6) is 0 Å². The van der Waals surface area contributed by atoms with E-state index in [1.807, 2.05) is 25.3 Å². The Hall–Kier alpha value is -1.74. The molecule has 0 aromatic heterocycles. The molecule has 0 N–H and O–H groups in total. The monoisotopic (exact) mass is 468 g/mol. The molecule has 1 nitrogen and oxygen atoms in total. The van der Waals surface area contributed by atoms with Crippen molar-refractivity contribution in [1.29, 1.82) is 0 Å². The van der Waals surface area contributed by atoms with E-state index < -0.39 is 11.6 Å². The summed E-state index contributed by atoms with van der Waals surface area (Å²) in [7, 11) is 1.82. The van der Waals surface area contributed by atoms with Crippen LogP contribution >= 0.6 is 0 Å². The van der Waals surface area contributed by atoms with Gasteiger partial charge in [-0.2, -0.15) is 0 Å². The number of rotatable bonds is 8. The summed E-state index contributed by atoms with van der Waals surface area (Å²) in [6.07, 6.45) is 12.8. The lowest BCUT2D eigenvalue weighted by atomic mass is 9.76. The van der Waals surface area contributed by atoms with Gasteiger partial charge in [-0.3, -0.25) is 0 Å². The van der Waals surface area contributed by atoms with Gasteiger partial charge in [0.25, 0.3) is 0 Å². The van der Waals surface area contributed by atoms with Gasteiger partial charge in [-0.1, -0.05) is 63.1 Å². The third kappa shape index (κ3) is 5.56. The molecule has 0 heterocycles. The van der Waals surface area contributed by atoms with Gasteiger partial charge in [0.1, 0.15) is 0 Å². The fourth-order valence-corrected chi connectivity index (χ4v) is 6.72. The Morgan fingerprint density at radius 1 is 0.794 bits per heavy atom. The molecule has 4 rings (SSSR count). The normalized spacial score (nSPS) is 26.4. The maximum Gasteiger partial charge on any atom is 0.166 e. The van der Waals surface area contributed by atoms with Crippen LogP contribution in [-0.2, 0) is 4.74 Å². The summed E-state index contributed by atoms with van der Waals surface area (Å²) in [5.41, 5.74) is 3.03. The van der Waals surface area contributed by atoms with Crippen molar-refractivity contribution < 1.29 is 13.5 Å². The lowest BCUT2D eigenvalue weighted by Crippen LogP contribution is -2.26. The molecule has 2 saturated carbocycles. The van der Waals surface area contributed by atoms with Crippen molar-refractivity contribution in [3.8, 4) is 11.1 Å². The Morgan fingerprint density at radius 2 is 1.44 bits per heavy atom. The second-order valence-corrected chi connectivity index (χ2v) is 10.8. The number of hydrogen-bond donors (Lipinski definition) is 0. The molecule has 2 fully saturated rings. The van der Waals surface area contributed by atoms with Gasteiger partial charge in [-0.15, -0.1) is 0 Å². The standard InChI is InChI=1S/C31H42F2O/c1-4-6-21-7-9-24(10-8-21)27-19-20-28(31(33)30(27)32)25-15-11-22(12-16-25)23-13-17-26(18-14-23)29(5-2)34-3/h11-12,15-16,19-21,23-24,26,29H,4-10,13-14,17-18H2,1-3H3. The lowest BCUT2D eigenvalue weighted by Gasteiger charge is -2.33. The highest BCUT2D eigenvalue weighted by atomic mass is 19.2. The van der Waals surface area contributed by atoms with Crippen LogP contribution in [0.3, 0.4) is 0 Å². The number of hydrogen-bond acceptors (Lipinski definition) is 1. The van der Waals surface area contributed by atoms with E-state index in [1.54, 1.807) is 6.07 Å². The Bertz CT molecular complexity index is 902. The second kappa shape index (κ2) is 11.8. The summed E-state index contributed by atoms with van der Waals surface area (Å²) in [6.45, 7) is 4.42. The van der Waals surface area contributed by atoms with E-state index in [4.69, 9.17) is 4.74 Å². The van der Waals surface area contributed by atoms with Gasteiger partial charge in [0.15, 0.2) is 11.6 Å². The summed E-state index contributed by atoms with van der Waals surface area (Å²) >= 11 is 0. The van der Waals surface area contributed by atoms with Crippen LogP contribution in [0.15, 0.2) is 36.4 Å². The van der Waals surface area contributed by atoms with Gasteiger partial charge in [0, 0.05) is 12.7 Å². The van der Waals surface area contributed by atoms with E-state index in [-0.39, 0.29) is 5.92 Å². The van der Waals surface area contributed by atoms with Crippen molar-refractivity contribution in [2.45, 2.75) is 102 Å². The summed E-state index contributed by atoms with van der Waals surface area (Å²) in [5, 5.41) is 0. The number of methoxy groups -OCH3 is 1. The SMILES string of the molecule is CCCC1CCC(c2ccc(-c3ccc(C4CCC(C(CC)OC)CC4)cc3)c(F)c2F)CC1. The molecule has 2 aromatic rings. The van der Waals surface area contributed by atoms with Gasteiger partial charge in [0.05, 0.1) is 6.10 Å². The van der Waals surface area contributed by atoms with E-state index in [2.05, 4.69) is 26.0 Å². The molecule has 34 heavy (non-hydrogen) atoms. The summed E-state index contributed by atoms with van der Waals surface area (Å²) in [6, 6.07) is 11.8. The highest BCUT2D eigenvalue weighted by molar-refractivity contribution is 5.65. The fraction of sp³-hybridized carbons (Fsp3) is 0.613. The molecule has 2 aromatic carbocycles. The predicted molar refractivity (Wildman–Crippen MR) is 137 cm³/mol. The minimum Gasteiger partial charge on any atom is -0.381 e.